The van der Waals surface area contributed by atoms with E-state index in [9.17, 15) is 18.0 Å². The molecule has 0 aliphatic rings. The Labute approximate surface area is 268 Å². The molecule has 0 unspecified atom stereocenters. The van der Waals surface area contributed by atoms with Crippen molar-refractivity contribution < 1.29 is 22.7 Å². The van der Waals surface area contributed by atoms with Crippen LogP contribution in [0.5, 0.6) is 5.75 Å². The van der Waals surface area contributed by atoms with Crippen LogP contribution in [0.3, 0.4) is 0 Å². The van der Waals surface area contributed by atoms with Crippen molar-refractivity contribution in [1.29, 1.82) is 0 Å². The molecule has 8 nitrogen and oxygen atoms in total. The van der Waals surface area contributed by atoms with Crippen LogP contribution in [0.2, 0.25) is 10.0 Å². The van der Waals surface area contributed by atoms with Crippen LogP contribution in [-0.2, 0) is 26.2 Å². The highest BCUT2D eigenvalue weighted by Crippen LogP contribution is 2.28. The molecular formula is C31H37Cl2N3O5S2. The Balaban J connectivity index is 2.06. The molecule has 12 heteroatoms. The van der Waals surface area contributed by atoms with Gasteiger partial charge in [0.2, 0.25) is 11.8 Å². The average molecular weight is 667 g/mol. The molecule has 0 bridgehead atoms. The summed E-state index contributed by atoms with van der Waals surface area (Å²) < 4.78 is 34.7. The van der Waals surface area contributed by atoms with Gasteiger partial charge >= 0.3 is 0 Å². The molecule has 1 atom stereocenters. The number of carbonyl (C=O) groups excluding carboxylic acids is 2. The molecule has 0 aromatic heterocycles. The third-order valence-electron chi connectivity index (χ3n) is 6.36. The molecule has 43 heavy (non-hydrogen) atoms. The van der Waals surface area contributed by atoms with E-state index >= 15 is 0 Å². The SMILES string of the molecule is CCOc1ccc(N(CC(=O)N(Cc2ccc(Cl)c(Cl)c2)[C@@H](C)C(=O)NC(C)(C)C)S(=O)(=O)c2ccc(SC)cc2)cc1. The maximum absolute atomic E-state index is 14.1. The molecular weight excluding hydrogens is 629 g/mol. The molecule has 3 rings (SSSR count). The number of thioether (sulfide) groups is 1. The van der Waals surface area contributed by atoms with Crippen molar-refractivity contribution in [1.82, 2.24) is 10.2 Å². The van der Waals surface area contributed by atoms with E-state index in [1.54, 1.807) is 61.5 Å². The second kappa shape index (κ2) is 14.7. The molecule has 3 aromatic carbocycles. The van der Waals surface area contributed by atoms with E-state index in [0.717, 1.165) is 9.20 Å². The molecule has 0 heterocycles. The summed E-state index contributed by atoms with van der Waals surface area (Å²) in [6.45, 7) is 8.85. The van der Waals surface area contributed by atoms with Gasteiger partial charge in [-0.3, -0.25) is 13.9 Å². The fourth-order valence-corrected chi connectivity index (χ4v) is 6.31. The Bertz CT molecular complexity index is 1530. The fraction of sp³-hybridized carbons (Fsp3) is 0.355. The van der Waals surface area contributed by atoms with Gasteiger partial charge in [-0.05, 0) is 107 Å². The standard InChI is InChI=1S/C31H37Cl2N3O5S2/c1-7-41-24-11-9-23(10-12-24)36(43(39,40)26-15-13-25(42-6)14-16-26)20-29(37)35(21(2)30(38)34-31(3,4)5)19-22-8-17-27(32)28(33)18-22/h8-18,21H,7,19-20H2,1-6H3,(H,34,38)/t21-/m0/s1. The Hall–Kier alpha value is -2.92. The number of halogens is 2. The van der Waals surface area contributed by atoms with Crippen molar-refractivity contribution in [3.8, 4) is 5.75 Å². The van der Waals surface area contributed by atoms with Gasteiger partial charge in [-0.25, -0.2) is 8.42 Å². The molecule has 2 amide bonds. The quantitative estimate of drug-likeness (QED) is 0.218. The number of hydrogen-bond acceptors (Lipinski definition) is 6. The van der Waals surface area contributed by atoms with Gasteiger partial charge in [0.15, 0.2) is 0 Å². The molecule has 0 aliphatic heterocycles. The van der Waals surface area contributed by atoms with E-state index in [4.69, 9.17) is 27.9 Å². The summed E-state index contributed by atoms with van der Waals surface area (Å²) in [5, 5.41) is 3.55. The number of sulfonamides is 1. The summed E-state index contributed by atoms with van der Waals surface area (Å²) in [5.41, 5.74) is 0.345. The lowest BCUT2D eigenvalue weighted by atomic mass is 10.1. The van der Waals surface area contributed by atoms with E-state index in [2.05, 4.69) is 5.32 Å². The summed E-state index contributed by atoms with van der Waals surface area (Å²) >= 11 is 13.8. The lowest BCUT2D eigenvalue weighted by Gasteiger charge is -2.33. The van der Waals surface area contributed by atoms with Crippen LogP contribution < -0.4 is 14.4 Å². The first-order valence-electron chi connectivity index (χ1n) is 13.6. The highest BCUT2D eigenvalue weighted by molar-refractivity contribution is 7.98. The molecule has 0 aliphatic carbocycles. The minimum atomic E-state index is -4.20. The number of benzene rings is 3. The predicted octanol–water partition coefficient (Wildman–Crippen LogP) is 6.64. The van der Waals surface area contributed by atoms with Gasteiger partial charge < -0.3 is 15.0 Å². The van der Waals surface area contributed by atoms with Gasteiger partial charge in [0, 0.05) is 17.0 Å². The van der Waals surface area contributed by atoms with Crippen LogP contribution in [0.4, 0.5) is 5.69 Å². The number of carbonyl (C=O) groups is 2. The second-order valence-electron chi connectivity index (χ2n) is 10.8. The summed E-state index contributed by atoms with van der Waals surface area (Å²) in [5.74, 6) is -0.405. The first-order valence-corrected chi connectivity index (χ1v) is 17.0. The van der Waals surface area contributed by atoms with Crippen molar-refractivity contribution in [2.24, 2.45) is 0 Å². The maximum atomic E-state index is 14.1. The number of ether oxygens (including phenoxy) is 1. The van der Waals surface area contributed by atoms with Crippen LogP contribution in [-0.4, -0.2) is 56.1 Å². The largest absolute Gasteiger partial charge is 0.494 e. The average Bonchev–Trinajstić information content (AvgIpc) is 2.95. The molecule has 3 aromatic rings. The maximum Gasteiger partial charge on any atom is 0.264 e. The molecule has 232 valence electrons. The summed E-state index contributed by atoms with van der Waals surface area (Å²) in [6.07, 6.45) is 1.90. The summed E-state index contributed by atoms with van der Waals surface area (Å²) in [7, 11) is -4.20. The first kappa shape index (κ1) is 34.6. The van der Waals surface area contributed by atoms with Gasteiger partial charge in [0.05, 0.1) is 27.2 Å². The highest BCUT2D eigenvalue weighted by Gasteiger charge is 2.33. The lowest BCUT2D eigenvalue weighted by molar-refractivity contribution is -0.140. The monoisotopic (exact) mass is 665 g/mol. The summed E-state index contributed by atoms with van der Waals surface area (Å²) in [6, 6.07) is 16.9. The van der Waals surface area contributed by atoms with E-state index < -0.39 is 34.1 Å². The number of nitrogens with zero attached hydrogens (tertiary/aromatic N) is 2. The van der Waals surface area contributed by atoms with Gasteiger partial charge in [0.25, 0.3) is 10.0 Å². The minimum absolute atomic E-state index is 0.00592. The van der Waals surface area contributed by atoms with E-state index in [1.807, 2.05) is 34.0 Å². The third kappa shape index (κ3) is 9.28. The van der Waals surface area contributed by atoms with Crippen LogP contribution in [0.1, 0.15) is 40.2 Å². The zero-order valence-corrected chi connectivity index (χ0v) is 28.2. The minimum Gasteiger partial charge on any atom is -0.494 e. The number of anilines is 1. The van der Waals surface area contributed by atoms with Gasteiger partial charge in [-0.15, -0.1) is 11.8 Å². The van der Waals surface area contributed by atoms with E-state index in [0.29, 0.717) is 28.0 Å². The van der Waals surface area contributed by atoms with Crippen LogP contribution in [0, 0.1) is 0 Å². The lowest BCUT2D eigenvalue weighted by Crippen LogP contribution is -2.54. The molecule has 0 saturated carbocycles. The van der Waals surface area contributed by atoms with Crippen molar-refractivity contribution in [2.75, 3.05) is 23.7 Å². The van der Waals surface area contributed by atoms with Gasteiger partial charge in [-0.2, -0.15) is 0 Å². The Kier molecular flexibility index (Phi) is 11.8. The van der Waals surface area contributed by atoms with Crippen LogP contribution >= 0.6 is 35.0 Å². The molecule has 0 spiro atoms. The van der Waals surface area contributed by atoms with Crippen LogP contribution in [0.15, 0.2) is 76.5 Å². The van der Waals surface area contributed by atoms with E-state index in [1.165, 1.54) is 28.8 Å². The first-order chi connectivity index (χ1) is 20.2. The van der Waals surface area contributed by atoms with Crippen molar-refractivity contribution >= 4 is 62.5 Å². The molecule has 0 saturated heterocycles. The summed E-state index contributed by atoms with van der Waals surface area (Å²) in [4.78, 5) is 29.6. The van der Waals surface area contributed by atoms with Crippen molar-refractivity contribution in [3.63, 3.8) is 0 Å². The Morgan fingerprint density at radius 1 is 0.977 bits per heavy atom. The van der Waals surface area contributed by atoms with Crippen molar-refractivity contribution in [2.45, 2.75) is 62.5 Å². The topological polar surface area (TPSA) is 96.0 Å². The number of rotatable bonds is 12. The Morgan fingerprint density at radius 3 is 2.14 bits per heavy atom. The molecule has 0 radical (unpaired) electrons. The smallest absolute Gasteiger partial charge is 0.264 e. The number of nitrogens with one attached hydrogen (secondary N) is 1. The number of amides is 2. The predicted molar refractivity (Wildman–Crippen MR) is 175 cm³/mol. The van der Waals surface area contributed by atoms with Gasteiger partial charge in [-0.1, -0.05) is 29.3 Å². The highest BCUT2D eigenvalue weighted by atomic mass is 35.5. The zero-order chi connectivity index (χ0) is 31.9. The van der Waals surface area contributed by atoms with E-state index in [-0.39, 0.29) is 23.0 Å². The van der Waals surface area contributed by atoms with Gasteiger partial charge in [0.1, 0.15) is 18.3 Å². The molecule has 0 fully saturated rings. The molecule has 1 N–H and O–H groups in total. The zero-order valence-electron chi connectivity index (χ0n) is 25.1. The Morgan fingerprint density at radius 2 is 1.60 bits per heavy atom. The van der Waals surface area contributed by atoms with Crippen LogP contribution in [0.25, 0.3) is 0 Å². The van der Waals surface area contributed by atoms with Crippen molar-refractivity contribution in [3.05, 3.63) is 82.3 Å². The second-order valence-corrected chi connectivity index (χ2v) is 14.4. The normalized spacial score (nSPS) is 12.4. The number of hydrogen-bond donors (Lipinski definition) is 1. The fourth-order valence-electron chi connectivity index (χ4n) is 4.17. The third-order valence-corrected chi connectivity index (χ3v) is 9.64.